The molecule has 27 heavy (non-hydrogen) atoms. The average Bonchev–Trinajstić information content (AvgIpc) is 2.59. The summed E-state index contributed by atoms with van der Waals surface area (Å²) in [5, 5.41) is 6.44. The molecule has 2 amide bonds. The van der Waals surface area contributed by atoms with E-state index in [4.69, 9.17) is 11.6 Å². The quantitative estimate of drug-likeness (QED) is 0.712. The van der Waals surface area contributed by atoms with Crippen molar-refractivity contribution in [2.45, 2.75) is 33.7 Å². The van der Waals surface area contributed by atoms with Crippen molar-refractivity contribution in [3.05, 3.63) is 58.1 Å². The third-order valence-electron chi connectivity index (χ3n) is 4.63. The minimum atomic E-state index is -0.383. The fourth-order valence-electron chi connectivity index (χ4n) is 2.97. The monoisotopic (exact) mass is 388 g/mol. The van der Waals surface area contributed by atoms with E-state index in [1.165, 1.54) is 5.56 Å². The van der Waals surface area contributed by atoms with E-state index < -0.39 is 0 Å². The summed E-state index contributed by atoms with van der Waals surface area (Å²) in [5.41, 5.74) is 4.76. The molecule has 2 aromatic carbocycles. The number of aryl methyl sites for hydroxylation is 3. The lowest BCUT2D eigenvalue weighted by atomic mass is 10.1. The lowest BCUT2D eigenvalue weighted by molar-refractivity contribution is -0.885. The molecule has 0 aromatic heterocycles. The molecule has 1 unspecified atom stereocenters. The summed E-state index contributed by atoms with van der Waals surface area (Å²) in [6, 6.07) is 10.6. The van der Waals surface area contributed by atoms with Crippen molar-refractivity contribution in [1.82, 2.24) is 0 Å². The van der Waals surface area contributed by atoms with Crippen LogP contribution in [0.25, 0.3) is 0 Å². The summed E-state index contributed by atoms with van der Waals surface area (Å²) in [5.74, 6) is -0.265. The number of carbonyl (C=O) groups excluding carboxylic acids is 2. The number of hydrogen-bond acceptors (Lipinski definition) is 2. The minimum Gasteiger partial charge on any atom is -0.321 e. The second-order valence-electron chi connectivity index (χ2n) is 7.06. The molecule has 0 aliphatic carbocycles. The van der Waals surface area contributed by atoms with Gasteiger partial charge in [0.15, 0.2) is 12.6 Å². The molecule has 0 spiro atoms. The highest BCUT2D eigenvalue weighted by Crippen LogP contribution is 2.21. The minimum absolute atomic E-state index is 0.117. The highest BCUT2D eigenvalue weighted by molar-refractivity contribution is 6.30. The predicted molar refractivity (Wildman–Crippen MR) is 111 cm³/mol. The molecule has 2 rings (SSSR count). The fraction of sp³-hybridized carbons (Fsp3) is 0.333. The number of rotatable bonds is 6. The number of anilines is 2. The standard InChI is InChI=1S/C21H26ClN3O2/c1-13-10-14(2)20(15(3)11-13)24-19(26)12-25(5)16(4)21(27)23-18-8-6-17(22)7-9-18/h6-11,16H,12H2,1-5H3,(H,23,27)(H,24,26)/p+1/t16-/m1/s1. The van der Waals surface area contributed by atoms with Crippen LogP contribution in [0.3, 0.4) is 0 Å². The number of carbonyl (C=O) groups is 2. The van der Waals surface area contributed by atoms with Crippen LogP contribution in [0.4, 0.5) is 11.4 Å². The van der Waals surface area contributed by atoms with E-state index in [0.29, 0.717) is 10.7 Å². The Morgan fingerprint density at radius 1 is 1.04 bits per heavy atom. The Bertz CT molecular complexity index is 811. The average molecular weight is 389 g/mol. The second-order valence-corrected chi connectivity index (χ2v) is 7.50. The van der Waals surface area contributed by atoms with Crippen molar-refractivity contribution in [3.8, 4) is 0 Å². The zero-order valence-electron chi connectivity index (χ0n) is 16.4. The molecular formula is C21H27ClN3O2+. The molecule has 144 valence electrons. The van der Waals surface area contributed by atoms with E-state index >= 15 is 0 Å². The SMILES string of the molecule is Cc1cc(C)c(NC(=O)C[NH+](C)[C@H](C)C(=O)Nc2ccc(Cl)cc2)c(C)c1. The van der Waals surface area contributed by atoms with Crippen molar-refractivity contribution in [2.75, 3.05) is 24.2 Å². The van der Waals surface area contributed by atoms with Gasteiger partial charge >= 0.3 is 0 Å². The number of halogens is 1. The molecule has 2 aromatic rings. The molecule has 0 heterocycles. The summed E-state index contributed by atoms with van der Waals surface area (Å²) < 4.78 is 0. The van der Waals surface area contributed by atoms with Gasteiger partial charge in [0.25, 0.3) is 11.8 Å². The maximum absolute atomic E-state index is 12.5. The van der Waals surface area contributed by atoms with Gasteiger partial charge in [-0.25, -0.2) is 0 Å². The van der Waals surface area contributed by atoms with E-state index in [1.807, 2.05) is 40.0 Å². The molecule has 0 saturated heterocycles. The van der Waals surface area contributed by atoms with Crippen LogP contribution in [-0.2, 0) is 9.59 Å². The van der Waals surface area contributed by atoms with Gasteiger partial charge in [0.05, 0.1) is 7.05 Å². The van der Waals surface area contributed by atoms with Crippen LogP contribution < -0.4 is 15.5 Å². The van der Waals surface area contributed by atoms with Gasteiger partial charge < -0.3 is 15.5 Å². The smallest absolute Gasteiger partial charge is 0.282 e. The Hall–Kier alpha value is -2.37. The molecule has 6 heteroatoms. The van der Waals surface area contributed by atoms with Crippen molar-refractivity contribution in [2.24, 2.45) is 0 Å². The van der Waals surface area contributed by atoms with Gasteiger partial charge in [-0.15, -0.1) is 0 Å². The lowest BCUT2D eigenvalue weighted by Gasteiger charge is -2.21. The lowest BCUT2D eigenvalue weighted by Crippen LogP contribution is -3.14. The van der Waals surface area contributed by atoms with E-state index in [9.17, 15) is 9.59 Å². The first kappa shape index (κ1) is 20.9. The van der Waals surface area contributed by atoms with Crippen molar-refractivity contribution >= 4 is 34.8 Å². The van der Waals surface area contributed by atoms with E-state index in [2.05, 4.69) is 10.6 Å². The number of quaternary nitrogens is 1. The van der Waals surface area contributed by atoms with Crippen LogP contribution in [0.2, 0.25) is 5.02 Å². The Labute approximate surface area is 165 Å². The van der Waals surface area contributed by atoms with Crippen LogP contribution in [-0.4, -0.2) is 31.4 Å². The maximum atomic E-state index is 12.5. The van der Waals surface area contributed by atoms with E-state index in [-0.39, 0.29) is 24.4 Å². The van der Waals surface area contributed by atoms with Gasteiger partial charge in [-0.1, -0.05) is 29.3 Å². The Morgan fingerprint density at radius 3 is 2.15 bits per heavy atom. The molecule has 0 fully saturated rings. The predicted octanol–water partition coefficient (Wildman–Crippen LogP) is 2.75. The molecule has 3 N–H and O–H groups in total. The Balaban J connectivity index is 1.95. The van der Waals surface area contributed by atoms with Gasteiger partial charge in [0.2, 0.25) is 0 Å². The third kappa shape index (κ3) is 5.81. The first-order valence-corrected chi connectivity index (χ1v) is 9.31. The molecule has 0 saturated carbocycles. The van der Waals surface area contributed by atoms with Crippen LogP contribution in [0.15, 0.2) is 36.4 Å². The van der Waals surface area contributed by atoms with Gasteiger partial charge in [-0.05, 0) is 63.1 Å². The van der Waals surface area contributed by atoms with Crippen molar-refractivity contribution in [3.63, 3.8) is 0 Å². The van der Waals surface area contributed by atoms with E-state index in [0.717, 1.165) is 21.7 Å². The van der Waals surface area contributed by atoms with E-state index in [1.54, 1.807) is 31.2 Å². The normalized spacial score (nSPS) is 13.0. The summed E-state index contributed by atoms with van der Waals surface area (Å²) in [7, 11) is 1.83. The number of amides is 2. The zero-order valence-corrected chi connectivity index (χ0v) is 17.2. The Kier molecular flexibility index (Phi) is 6.99. The molecular weight excluding hydrogens is 362 g/mol. The first-order chi connectivity index (χ1) is 12.7. The van der Waals surface area contributed by atoms with Crippen LogP contribution in [0.1, 0.15) is 23.6 Å². The molecule has 0 aliphatic heterocycles. The molecule has 2 atom stereocenters. The topological polar surface area (TPSA) is 62.6 Å². The summed E-state index contributed by atoms with van der Waals surface area (Å²) in [6.45, 7) is 7.99. The summed E-state index contributed by atoms with van der Waals surface area (Å²) in [6.07, 6.45) is 0. The number of hydrogen-bond donors (Lipinski definition) is 3. The van der Waals surface area contributed by atoms with Gasteiger partial charge in [0, 0.05) is 16.4 Å². The van der Waals surface area contributed by atoms with Crippen molar-refractivity contribution in [1.29, 1.82) is 0 Å². The highest BCUT2D eigenvalue weighted by Gasteiger charge is 2.24. The first-order valence-electron chi connectivity index (χ1n) is 8.94. The summed E-state index contributed by atoms with van der Waals surface area (Å²) >= 11 is 5.85. The zero-order chi connectivity index (χ0) is 20.1. The maximum Gasteiger partial charge on any atom is 0.282 e. The molecule has 0 aliphatic rings. The van der Waals surface area contributed by atoms with Crippen LogP contribution in [0.5, 0.6) is 0 Å². The summed E-state index contributed by atoms with van der Waals surface area (Å²) in [4.78, 5) is 25.7. The van der Waals surface area contributed by atoms with Crippen LogP contribution >= 0.6 is 11.6 Å². The fourth-order valence-corrected chi connectivity index (χ4v) is 3.10. The number of nitrogens with one attached hydrogen (secondary N) is 3. The van der Waals surface area contributed by atoms with Gasteiger partial charge in [0.1, 0.15) is 0 Å². The van der Waals surface area contributed by atoms with Crippen molar-refractivity contribution < 1.29 is 14.5 Å². The highest BCUT2D eigenvalue weighted by atomic mass is 35.5. The molecule has 0 bridgehead atoms. The number of benzene rings is 2. The Morgan fingerprint density at radius 2 is 1.59 bits per heavy atom. The second kappa shape index (κ2) is 9.02. The molecule has 0 radical (unpaired) electrons. The van der Waals surface area contributed by atoms with Gasteiger partial charge in [-0.2, -0.15) is 0 Å². The van der Waals surface area contributed by atoms with Crippen LogP contribution in [0, 0.1) is 20.8 Å². The van der Waals surface area contributed by atoms with Gasteiger partial charge in [-0.3, -0.25) is 9.59 Å². The third-order valence-corrected chi connectivity index (χ3v) is 4.88. The molecule has 5 nitrogen and oxygen atoms in total. The number of likely N-dealkylation sites (N-methyl/N-ethyl adjacent to an activating group) is 1. The largest absolute Gasteiger partial charge is 0.321 e.